The lowest BCUT2D eigenvalue weighted by molar-refractivity contribution is 0.0592. The molecular formula is C15H30N2O. The van der Waals surface area contributed by atoms with Crippen LogP contribution >= 0.6 is 0 Å². The van der Waals surface area contributed by atoms with Gasteiger partial charge >= 0.3 is 0 Å². The van der Waals surface area contributed by atoms with Crippen molar-refractivity contribution in [3.63, 3.8) is 0 Å². The van der Waals surface area contributed by atoms with Crippen molar-refractivity contribution in [2.45, 2.75) is 58.0 Å². The van der Waals surface area contributed by atoms with Gasteiger partial charge in [-0.15, -0.1) is 0 Å². The zero-order chi connectivity index (χ0) is 13.0. The number of hydrogen-bond donors (Lipinski definition) is 1. The van der Waals surface area contributed by atoms with Gasteiger partial charge in [-0.1, -0.05) is 6.92 Å². The van der Waals surface area contributed by atoms with Crippen LogP contribution in [0.3, 0.4) is 0 Å². The van der Waals surface area contributed by atoms with Crippen molar-refractivity contribution < 1.29 is 4.74 Å². The van der Waals surface area contributed by atoms with Gasteiger partial charge in [-0.2, -0.15) is 0 Å². The van der Waals surface area contributed by atoms with Gasteiger partial charge < -0.3 is 10.1 Å². The first-order chi connectivity index (χ1) is 8.68. The molecule has 0 aromatic heterocycles. The molecule has 1 aliphatic heterocycles. The molecule has 1 saturated carbocycles. The molecule has 106 valence electrons. The Morgan fingerprint density at radius 1 is 1.33 bits per heavy atom. The Kier molecular flexibility index (Phi) is 5.05. The zero-order valence-corrected chi connectivity index (χ0v) is 12.4. The number of ether oxygens (including phenoxy) is 1. The van der Waals surface area contributed by atoms with Crippen molar-refractivity contribution in [3.8, 4) is 0 Å². The summed E-state index contributed by atoms with van der Waals surface area (Å²) in [6.07, 6.45) is 5.28. The molecule has 0 amide bonds. The largest absolute Gasteiger partial charge is 0.382 e. The number of rotatable bonds is 7. The molecule has 18 heavy (non-hydrogen) atoms. The summed E-state index contributed by atoms with van der Waals surface area (Å²) in [5.74, 6) is 0.964. The lowest BCUT2D eigenvalue weighted by Gasteiger charge is -2.46. The normalized spacial score (nSPS) is 33.8. The Morgan fingerprint density at radius 3 is 2.72 bits per heavy atom. The van der Waals surface area contributed by atoms with Gasteiger partial charge in [0.2, 0.25) is 0 Å². The monoisotopic (exact) mass is 254 g/mol. The molecule has 1 aliphatic carbocycles. The minimum atomic E-state index is 0.316. The number of nitrogens with one attached hydrogen (secondary N) is 1. The highest BCUT2D eigenvalue weighted by Gasteiger charge is 2.41. The summed E-state index contributed by atoms with van der Waals surface area (Å²) in [5, 5.41) is 3.78. The van der Waals surface area contributed by atoms with Crippen molar-refractivity contribution >= 4 is 0 Å². The molecule has 2 atom stereocenters. The van der Waals surface area contributed by atoms with E-state index in [9.17, 15) is 0 Å². The Labute approximate surface area is 112 Å². The number of piperazine rings is 1. The molecule has 1 heterocycles. The predicted octanol–water partition coefficient (Wildman–Crippen LogP) is 2.27. The van der Waals surface area contributed by atoms with Gasteiger partial charge in [-0.3, -0.25) is 4.90 Å². The lowest BCUT2D eigenvalue weighted by Crippen LogP contribution is -2.63. The Balaban J connectivity index is 1.84. The van der Waals surface area contributed by atoms with E-state index in [4.69, 9.17) is 4.74 Å². The van der Waals surface area contributed by atoms with E-state index in [2.05, 4.69) is 31.0 Å². The summed E-state index contributed by atoms with van der Waals surface area (Å²) in [6, 6.07) is 0.784. The lowest BCUT2D eigenvalue weighted by atomic mass is 9.92. The van der Waals surface area contributed by atoms with Crippen LogP contribution in [0.1, 0.15) is 46.5 Å². The average molecular weight is 254 g/mol. The van der Waals surface area contributed by atoms with Crippen molar-refractivity contribution in [2.24, 2.45) is 5.92 Å². The maximum atomic E-state index is 5.47. The molecule has 2 rings (SSSR count). The Bertz CT molecular complexity index is 255. The fourth-order valence-corrected chi connectivity index (χ4v) is 3.04. The van der Waals surface area contributed by atoms with E-state index in [1.807, 2.05) is 0 Å². The highest BCUT2D eigenvalue weighted by Crippen LogP contribution is 2.37. The van der Waals surface area contributed by atoms with Crippen molar-refractivity contribution in [2.75, 3.05) is 32.8 Å². The third-order valence-electron chi connectivity index (χ3n) is 4.64. The highest BCUT2D eigenvalue weighted by atomic mass is 16.5. The first-order valence-electron chi connectivity index (χ1n) is 7.75. The summed E-state index contributed by atoms with van der Waals surface area (Å²) in [6.45, 7) is 12.1. The molecule has 0 radical (unpaired) electrons. The van der Waals surface area contributed by atoms with E-state index in [0.717, 1.165) is 25.2 Å². The zero-order valence-electron chi connectivity index (χ0n) is 12.4. The maximum Gasteiger partial charge on any atom is 0.0478 e. The Hall–Kier alpha value is -0.120. The van der Waals surface area contributed by atoms with E-state index in [1.54, 1.807) is 0 Å². The third kappa shape index (κ3) is 3.69. The Morgan fingerprint density at radius 2 is 2.11 bits per heavy atom. The molecule has 0 aromatic carbocycles. The molecule has 3 heteroatoms. The van der Waals surface area contributed by atoms with Crippen molar-refractivity contribution in [1.82, 2.24) is 10.2 Å². The van der Waals surface area contributed by atoms with Crippen LogP contribution < -0.4 is 5.32 Å². The van der Waals surface area contributed by atoms with Crippen molar-refractivity contribution in [1.29, 1.82) is 0 Å². The van der Waals surface area contributed by atoms with Gasteiger partial charge in [-0.05, 0) is 45.4 Å². The molecule has 0 aromatic rings. The minimum absolute atomic E-state index is 0.316. The summed E-state index contributed by atoms with van der Waals surface area (Å²) in [7, 11) is 0. The van der Waals surface area contributed by atoms with E-state index in [-0.39, 0.29) is 0 Å². The van der Waals surface area contributed by atoms with E-state index < -0.39 is 0 Å². The smallest absolute Gasteiger partial charge is 0.0478 e. The van der Waals surface area contributed by atoms with Gasteiger partial charge in [0, 0.05) is 44.4 Å². The highest BCUT2D eigenvalue weighted by molar-refractivity contribution is 4.99. The van der Waals surface area contributed by atoms with Crippen LogP contribution in [0.4, 0.5) is 0 Å². The van der Waals surface area contributed by atoms with Gasteiger partial charge in [-0.25, -0.2) is 0 Å². The summed E-state index contributed by atoms with van der Waals surface area (Å²) in [4.78, 5) is 2.73. The van der Waals surface area contributed by atoms with Gasteiger partial charge in [0.05, 0.1) is 0 Å². The molecule has 1 saturated heterocycles. The second kappa shape index (κ2) is 6.36. The quantitative estimate of drug-likeness (QED) is 0.705. The molecule has 2 aliphatic rings. The molecule has 1 N–H and O–H groups in total. The molecule has 2 unspecified atom stereocenters. The van der Waals surface area contributed by atoms with Gasteiger partial charge in [0.1, 0.15) is 0 Å². The van der Waals surface area contributed by atoms with E-state index in [0.29, 0.717) is 5.54 Å². The molecule has 3 nitrogen and oxygen atoms in total. The standard InChI is InChI=1S/C15H30N2O/c1-4-15(3)12-17(9-6-10-18-5-2)14(11-16-15)13-7-8-13/h13-14,16H,4-12H2,1-3H3. The van der Waals surface area contributed by atoms with Crippen LogP contribution in [0.2, 0.25) is 0 Å². The minimum Gasteiger partial charge on any atom is -0.382 e. The van der Waals surface area contributed by atoms with Crippen LogP contribution in [0.25, 0.3) is 0 Å². The van der Waals surface area contributed by atoms with Gasteiger partial charge in [0.25, 0.3) is 0 Å². The molecular weight excluding hydrogens is 224 g/mol. The fourth-order valence-electron chi connectivity index (χ4n) is 3.04. The topological polar surface area (TPSA) is 24.5 Å². The maximum absolute atomic E-state index is 5.47. The second-order valence-corrected chi connectivity index (χ2v) is 6.22. The number of nitrogens with zero attached hydrogens (tertiary/aromatic N) is 1. The fraction of sp³-hybridized carbons (Fsp3) is 1.00. The second-order valence-electron chi connectivity index (χ2n) is 6.22. The SMILES string of the molecule is CCOCCCN1CC(C)(CC)NCC1C1CC1. The van der Waals surface area contributed by atoms with Crippen LogP contribution in [-0.2, 0) is 4.74 Å². The van der Waals surface area contributed by atoms with E-state index in [1.165, 1.54) is 45.3 Å². The van der Waals surface area contributed by atoms with Gasteiger partial charge in [0.15, 0.2) is 0 Å². The number of hydrogen-bond acceptors (Lipinski definition) is 3. The predicted molar refractivity (Wildman–Crippen MR) is 75.9 cm³/mol. The van der Waals surface area contributed by atoms with Crippen molar-refractivity contribution in [3.05, 3.63) is 0 Å². The van der Waals surface area contributed by atoms with Crippen LogP contribution in [0, 0.1) is 5.92 Å². The molecule has 2 fully saturated rings. The molecule has 0 bridgehead atoms. The summed E-state index contributed by atoms with van der Waals surface area (Å²) >= 11 is 0. The third-order valence-corrected chi connectivity index (χ3v) is 4.64. The summed E-state index contributed by atoms with van der Waals surface area (Å²) < 4.78 is 5.47. The molecule has 0 spiro atoms. The van der Waals surface area contributed by atoms with Crippen LogP contribution in [0.15, 0.2) is 0 Å². The first-order valence-corrected chi connectivity index (χ1v) is 7.75. The van der Waals surface area contributed by atoms with Crippen LogP contribution in [-0.4, -0.2) is 49.3 Å². The van der Waals surface area contributed by atoms with Crippen LogP contribution in [0.5, 0.6) is 0 Å². The van der Waals surface area contributed by atoms with E-state index >= 15 is 0 Å². The summed E-state index contributed by atoms with van der Waals surface area (Å²) in [5.41, 5.74) is 0.316. The average Bonchev–Trinajstić information content (AvgIpc) is 3.19. The first kappa shape index (κ1) is 14.3.